The highest BCUT2D eigenvalue weighted by Crippen LogP contribution is 2.36. The van der Waals surface area contributed by atoms with E-state index in [1.54, 1.807) is 13.8 Å². The van der Waals surface area contributed by atoms with Gasteiger partial charge in [0.1, 0.15) is 5.60 Å². The molecular formula is C9H17O6P. The van der Waals surface area contributed by atoms with Crippen LogP contribution in [0.5, 0.6) is 0 Å². The summed E-state index contributed by atoms with van der Waals surface area (Å²) in [5.74, 6) is -0.541. The van der Waals surface area contributed by atoms with Gasteiger partial charge in [-0.05, 0) is 20.8 Å². The van der Waals surface area contributed by atoms with E-state index < -0.39 is 19.4 Å². The summed E-state index contributed by atoms with van der Waals surface area (Å²) < 4.78 is 19.7. The maximum absolute atomic E-state index is 11.2. The number of esters is 1. The molecule has 7 heteroatoms. The van der Waals surface area contributed by atoms with E-state index in [0.29, 0.717) is 0 Å². The quantitative estimate of drug-likeness (QED) is 0.421. The zero-order chi connectivity index (χ0) is 13.0. The minimum absolute atomic E-state index is 0.178. The zero-order valence-electron chi connectivity index (χ0n) is 9.60. The Kier molecular flexibility index (Phi) is 5.35. The van der Waals surface area contributed by atoms with E-state index in [4.69, 9.17) is 14.5 Å². The molecule has 0 saturated carbocycles. The van der Waals surface area contributed by atoms with Gasteiger partial charge in [-0.15, -0.1) is 0 Å². The van der Waals surface area contributed by atoms with Crippen molar-refractivity contribution in [2.45, 2.75) is 32.8 Å². The first-order valence-electron chi connectivity index (χ1n) is 4.62. The molecule has 0 heterocycles. The van der Waals surface area contributed by atoms with Crippen LogP contribution < -0.4 is 0 Å². The van der Waals surface area contributed by atoms with E-state index in [0.717, 1.165) is 0 Å². The van der Waals surface area contributed by atoms with Gasteiger partial charge in [0.15, 0.2) is 0 Å². The lowest BCUT2D eigenvalue weighted by atomic mass is 10.1. The maximum Gasteiger partial charge on any atom is 0.469 e. The fourth-order valence-electron chi connectivity index (χ4n) is 0.799. The summed E-state index contributed by atoms with van der Waals surface area (Å²) in [5.41, 5.74) is -0.588. The molecule has 0 aromatic carbocycles. The minimum Gasteiger partial charge on any atom is -0.456 e. The first-order chi connectivity index (χ1) is 7.03. The van der Waals surface area contributed by atoms with Crippen LogP contribution in [0.4, 0.5) is 0 Å². The van der Waals surface area contributed by atoms with Gasteiger partial charge in [0.2, 0.25) is 0 Å². The summed E-state index contributed by atoms with van der Waals surface area (Å²) in [6.07, 6.45) is 0.178. The highest BCUT2D eigenvalue weighted by atomic mass is 31.2. The molecule has 0 aromatic rings. The molecule has 0 amide bonds. The molecule has 0 fully saturated rings. The van der Waals surface area contributed by atoms with Crippen LogP contribution in [0.2, 0.25) is 0 Å². The average Bonchev–Trinajstić information content (AvgIpc) is 1.99. The summed E-state index contributed by atoms with van der Waals surface area (Å²) in [4.78, 5) is 28.1. The highest BCUT2D eigenvalue weighted by molar-refractivity contribution is 7.46. The van der Waals surface area contributed by atoms with Crippen LogP contribution in [0.1, 0.15) is 27.2 Å². The Morgan fingerprint density at radius 3 is 2.31 bits per heavy atom. The predicted molar refractivity (Wildman–Crippen MR) is 57.6 cm³/mol. The second-order valence-corrected chi connectivity index (χ2v) is 5.24. The first kappa shape index (κ1) is 15.3. The normalized spacial score (nSPS) is 12.3. The number of hydrogen-bond donors (Lipinski definition) is 2. The van der Waals surface area contributed by atoms with Gasteiger partial charge in [-0.25, -0.2) is 9.36 Å². The van der Waals surface area contributed by atoms with Crippen LogP contribution in [-0.2, 0) is 18.6 Å². The molecule has 0 aliphatic heterocycles. The third kappa shape index (κ3) is 7.59. The third-order valence-electron chi connectivity index (χ3n) is 1.68. The standard InChI is InChI=1S/C9H17O6P/c1-7(2)8(10)15-9(3,4)5-6-14-16(11,12)13/h1,5-6H2,2-4H3,(H2,11,12,13). The van der Waals surface area contributed by atoms with Gasteiger partial charge >= 0.3 is 13.8 Å². The van der Waals surface area contributed by atoms with Gasteiger partial charge in [-0.2, -0.15) is 0 Å². The van der Waals surface area contributed by atoms with E-state index in [2.05, 4.69) is 11.1 Å². The Bertz CT molecular complexity index is 316. The Balaban J connectivity index is 4.11. The third-order valence-corrected chi connectivity index (χ3v) is 2.20. The number of carbonyl (C=O) groups is 1. The van der Waals surface area contributed by atoms with Crippen molar-refractivity contribution < 1.29 is 28.4 Å². The van der Waals surface area contributed by atoms with Crippen molar-refractivity contribution in [3.63, 3.8) is 0 Å². The lowest BCUT2D eigenvalue weighted by Crippen LogP contribution is -2.29. The summed E-state index contributed by atoms with van der Waals surface area (Å²) in [5, 5.41) is 0. The van der Waals surface area contributed by atoms with E-state index in [1.807, 2.05) is 0 Å². The van der Waals surface area contributed by atoms with Crippen LogP contribution in [0.3, 0.4) is 0 Å². The molecule has 0 unspecified atom stereocenters. The number of ether oxygens (including phenoxy) is 1. The molecule has 16 heavy (non-hydrogen) atoms. The fraction of sp³-hybridized carbons (Fsp3) is 0.667. The fourth-order valence-corrected chi connectivity index (χ4v) is 1.13. The number of phosphoric acid groups is 1. The largest absolute Gasteiger partial charge is 0.469 e. The summed E-state index contributed by atoms with van der Waals surface area (Å²) >= 11 is 0. The van der Waals surface area contributed by atoms with Gasteiger partial charge in [-0.1, -0.05) is 6.58 Å². The average molecular weight is 252 g/mol. The van der Waals surface area contributed by atoms with E-state index in [1.165, 1.54) is 6.92 Å². The number of carbonyl (C=O) groups excluding carboxylic acids is 1. The molecule has 0 bridgehead atoms. The summed E-state index contributed by atoms with van der Waals surface area (Å²) in [6, 6.07) is 0. The second kappa shape index (κ2) is 5.59. The molecule has 0 rings (SSSR count). The van der Waals surface area contributed by atoms with Crippen LogP contribution in [0.15, 0.2) is 12.2 Å². The first-order valence-corrected chi connectivity index (χ1v) is 6.15. The second-order valence-electron chi connectivity index (χ2n) is 4.00. The molecule has 0 aliphatic carbocycles. The molecule has 6 nitrogen and oxygen atoms in total. The van der Waals surface area contributed by atoms with Crippen molar-refractivity contribution in [1.29, 1.82) is 0 Å². The van der Waals surface area contributed by atoms with Crippen molar-refractivity contribution in [2.24, 2.45) is 0 Å². The van der Waals surface area contributed by atoms with Crippen molar-refractivity contribution in [3.05, 3.63) is 12.2 Å². The molecule has 2 N–H and O–H groups in total. The molecule has 94 valence electrons. The van der Waals surface area contributed by atoms with Crippen LogP contribution >= 0.6 is 7.82 Å². The van der Waals surface area contributed by atoms with Crippen molar-refractivity contribution in [3.8, 4) is 0 Å². The number of rotatable bonds is 6. The van der Waals surface area contributed by atoms with Crippen LogP contribution in [0, 0.1) is 0 Å². The lowest BCUT2D eigenvalue weighted by Gasteiger charge is -2.25. The Morgan fingerprint density at radius 2 is 1.94 bits per heavy atom. The van der Waals surface area contributed by atoms with Gasteiger partial charge in [0.25, 0.3) is 0 Å². The highest BCUT2D eigenvalue weighted by Gasteiger charge is 2.24. The topological polar surface area (TPSA) is 93.1 Å². The number of phosphoric ester groups is 1. The minimum atomic E-state index is -4.46. The van der Waals surface area contributed by atoms with Crippen LogP contribution in [-0.4, -0.2) is 28.0 Å². The van der Waals surface area contributed by atoms with Crippen molar-refractivity contribution in [2.75, 3.05) is 6.61 Å². The van der Waals surface area contributed by atoms with Gasteiger partial charge in [-0.3, -0.25) is 4.52 Å². The smallest absolute Gasteiger partial charge is 0.456 e. The lowest BCUT2D eigenvalue weighted by molar-refractivity contribution is -0.152. The van der Waals surface area contributed by atoms with E-state index in [9.17, 15) is 9.36 Å². The van der Waals surface area contributed by atoms with Gasteiger partial charge in [0.05, 0.1) is 6.61 Å². The van der Waals surface area contributed by atoms with Gasteiger partial charge in [0, 0.05) is 12.0 Å². The Labute approximate surface area is 94.5 Å². The monoisotopic (exact) mass is 252 g/mol. The Hall–Kier alpha value is -0.680. The predicted octanol–water partition coefficient (Wildman–Crippen LogP) is 1.38. The molecule has 0 aliphatic rings. The van der Waals surface area contributed by atoms with Crippen LogP contribution in [0.25, 0.3) is 0 Å². The zero-order valence-corrected chi connectivity index (χ0v) is 10.5. The molecule has 0 saturated heterocycles. The van der Waals surface area contributed by atoms with E-state index >= 15 is 0 Å². The summed E-state index contributed by atoms with van der Waals surface area (Å²) in [7, 11) is -4.46. The van der Waals surface area contributed by atoms with E-state index in [-0.39, 0.29) is 18.6 Å². The Morgan fingerprint density at radius 1 is 1.44 bits per heavy atom. The summed E-state index contributed by atoms with van der Waals surface area (Å²) in [6.45, 7) is 8.00. The molecule has 0 radical (unpaired) electrons. The maximum atomic E-state index is 11.2. The van der Waals surface area contributed by atoms with Gasteiger partial charge < -0.3 is 14.5 Å². The molecule has 0 aromatic heterocycles. The SMILES string of the molecule is C=C(C)C(=O)OC(C)(C)CCOP(=O)(O)O. The molecule has 0 spiro atoms. The van der Waals surface area contributed by atoms with Crippen molar-refractivity contribution in [1.82, 2.24) is 0 Å². The molecule has 0 atom stereocenters. The molecular weight excluding hydrogens is 235 g/mol. The van der Waals surface area contributed by atoms with Crippen molar-refractivity contribution >= 4 is 13.8 Å². The number of hydrogen-bond acceptors (Lipinski definition) is 4.